The molecule has 0 aromatic heterocycles. The molecule has 2 aliphatic rings. The molecule has 0 N–H and O–H groups in total. The first kappa shape index (κ1) is 31.7. The molecule has 2 fully saturated rings. The minimum absolute atomic E-state index is 0.149. The first-order chi connectivity index (χ1) is 19.9. The highest BCUT2D eigenvalue weighted by Crippen LogP contribution is 2.52. The molecule has 42 heavy (non-hydrogen) atoms. The zero-order valence-corrected chi connectivity index (χ0v) is 26.8. The molecule has 5 nitrogen and oxygen atoms in total. The minimum Gasteiger partial charge on any atom is -0.304 e. The van der Waals surface area contributed by atoms with Gasteiger partial charge in [-0.05, 0) is 60.1 Å². The number of benzene rings is 3. The summed E-state index contributed by atoms with van der Waals surface area (Å²) < 4.78 is 55.0. The van der Waals surface area contributed by atoms with Gasteiger partial charge in [0.15, 0.2) is 9.84 Å². The van der Waals surface area contributed by atoms with Crippen LogP contribution in [0.3, 0.4) is 0 Å². The van der Waals surface area contributed by atoms with E-state index >= 15 is 0 Å². The second kappa shape index (κ2) is 13.1. The van der Waals surface area contributed by atoms with Crippen molar-refractivity contribution in [3.63, 3.8) is 0 Å². The zero-order chi connectivity index (χ0) is 30.1. The number of rotatable bonds is 10. The molecule has 0 bridgehead atoms. The van der Waals surface area contributed by atoms with Crippen molar-refractivity contribution < 1.29 is 17.2 Å². The summed E-state index contributed by atoms with van der Waals surface area (Å²) in [6.45, 7) is 5.51. The molecule has 3 aromatic carbocycles. The highest BCUT2D eigenvalue weighted by molar-refractivity contribution is 8.02. The highest BCUT2D eigenvalue weighted by atomic mass is 35.5. The molecule has 1 atom stereocenters. The van der Waals surface area contributed by atoms with Crippen molar-refractivity contribution >= 4 is 44.8 Å². The number of nitrogens with zero attached hydrogens (tertiary/aromatic N) is 3. The van der Waals surface area contributed by atoms with Crippen LogP contribution in [0.4, 0.5) is 8.78 Å². The number of hydrogen-bond acceptors (Lipinski definition) is 6. The smallest absolute Gasteiger partial charge is 0.155 e. The second-order valence-corrected chi connectivity index (χ2v) is 15.9. The average Bonchev–Trinajstić information content (AvgIpc) is 2.89. The summed E-state index contributed by atoms with van der Waals surface area (Å²) in [6.07, 6.45) is 1.17. The molecule has 2 aliphatic heterocycles. The van der Waals surface area contributed by atoms with E-state index in [1.165, 1.54) is 6.26 Å². The van der Waals surface area contributed by atoms with Gasteiger partial charge < -0.3 is 4.90 Å². The normalized spacial score (nSPS) is 19.1. The number of hydrogen-bond donors (Lipinski definition) is 0. The van der Waals surface area contributed by atoms with E-state index in [-0.39, 0.29) is 11.6 Å². The van der Waals surface area contributed by atoms with Gasteiger partial charge >= 0.3 is 0 Å². The Kier molecular flexibility index (Phi) is 9.89. The number of likely N-dealkylation sites (N-methyl/N-ethyl adjacent to an activating group) is 1. The van der Waals surface area contributed by atoms with Gasteiger partial charge in [-0.15, -0.1) is 11.8 Å². The lowest BCUT2D eigenvalue weighted by atomic mass is 9.85. The van der Waals surface area contributed by atoms with Crippen LogP contribution < -0.4 is 0 Å². The molecule has 5 rings (SSSR count). The summed E-state index contributed by atoms with van der Waals surface area (Å²) >= 11 is 14.0. The summed E-state index contributed by atoms with van der Waals surface area (Å²) in [5, 5.41) is 0.160. The fourth-order valence-corrected chi connectivity index (χ4v) is 10.3. The van der Waals surface area contributed by atoms with E-state index in [2.05, 4.69) is 21.7 Å². The Balaban J connectivity index is 1.49. The van der Waals surface area contributed by atoms with Gasteiger partial charge in [-0.1, -0.05) is 47.5 Å². The summed E-state index contributed by atoms with van der Waals surface area (Å²) in [6, 6.07) is 18.2. The molecule has 0 radical (unpaired) electrons. The minimum atomic E-state index is -3.76. The molecular weight excluding hydrogens is 619 g/mol. The van der Waals surface area contributed by atoms with Crippen molar-refractivity contribution in [2.45, 2.75) is 16.0 Å². The zero-order valence-electron chi connectivity index (χ0n) is 23.6. The van der Waals surface area contributed by atoms with E-state index in [9.17, 15) is 17.2 Å². The van der Waals surface area contributed by atoms with Crippen molar-refractivity contribution in [2.24, 2.45) is 0 Å². The lowest BCUT2D eigenvalue weighted by Crippen LogP contribution is -2.64. The predicted octanol–water partition coefficient (Wildman–Crippen LogP) is 6.18. The maximum atomic E-state index is 14.4. The molecule has 3 aromatic rings. The molecule has 2 heterocycles. The molecule has 11 heteroatoms. The van der Waals surface area contributed by atoms with Crippen LogP contribution in [-0.4, -0.2) is 92.7 Å². The van der Waals surface area contributed by atoms with Crippen molar-refractivity contribution in [1.29, 1.82) is 0 Å². The second-order valence-electron chi connectivity index (χ2n) is 11.4. The fraction of sp³-hybridized carbons (Fsp3) is 0.419. The SMILES string of the molecule is CN1CCN(CCSC2(C(c3cc(F)cc(F)c3)S(C)(=O)=O)CN(C(c3ccc(Cl)cc3)c3ccc(Cl)cc3)C2)CC1. The monoisotopic (exact) mass is 653 g/mol. The standard InChI is InChI=1S/C31H35Cl2F2N3O2S2/c1-36-11-13-37(14-12-36)15-16-41-31(30(42(2,39)40)24-17-27(34)19-28(35)18-24)20-38(21-31)29(22-3-7-25(32)8-4-22)23-5-9-26(33)10-6-23/h3-10,17-19,29-30H,11-16,20-21H2,1-2H3. The van der Waals surface area contributed by atoms with Gasteiger partial charge in [0, 0.05) is 73.9 Å². The van der Waals surface area contributed by atoms with Crippen LogP contribution in [0.15, 0.2) is 66.7 Å². The quantitative estimate of drug-likeness (QED) is 0.260. The van der Waals surface area contributed by atoms with Crippen LogP contribution >= 0.6 is 35.0 Å². The molecule has 0 saturated carbocycles. The fourth-order valence-electron chi connectivity index (χ4n) is 6.18. The van der Waals surface area contributed by atoms with Gasteiger partial charge in [0.2, 0.25) is 0 Å². The van der Waals surface area contributed by atoms with Gasteiger partial charge in [-0.3, -0.25) is 9.80 Å². The average molecular weight is 655 g/mol. The molecule has 0 amide bonds. The van der Waals surface area contributed by atoms with E-state index in [1.54, 1.807) is 11.8 Å². The van der Waals surface area contributed by atoms with Gasteiger partial charge in [0.25, 0.3) is 0 Å². The summed E-state index contributed by atoms with van der Waals surface area (Å²) in [5.74, 6) is -0.867. The first-order valence-electron chi connectivity index (χ1n) is 13.9. The van der Waals surface area contributed by atoms with Gasteiger partial charge in [-0.2, -0.15) is 0 Å². The van der Waals surface area contributed by atoms with Crippen LogP contribution in [-0.2, 0) is 9.84 Å². The molecule has 1 unspecified atom stereocenters. The lowest BCUT2D eigenvalue weighted by molar-refractivity contribution is 0.0888. The Labute approximate surface area is 261 Å². The first-order valence-corrected chi connectivity index (χ1v) is 17.6. The van der Waals surface area contributed by atoms with E-state index < -0.39 is 31.5 Å². The Bertz CT molecular complexity index is 1410. The topological polar surface area (TPSA) is 43.9 Å². The van der Waals surface area contributed by atoms with Crippen LogP contribution in [0.1, 0.15) is 28.0 Å². The van der Waals surface area contributed by atoms with E-state index in [4.69, 9.17) is 23.2 Å². The van der Waals surface area contributed by atoms with Crippen LogP contribution in [0.25, 0.3) is 0 Å². The number of thioether (sulfide) groups is 1. The predicted molar refractivity (Wildman–Crippen MR) is 169 cm³/mol. The third-order valence-corrected chi connectivity index (χ3v) is 11.9. The van der Waals surface area contributed by atoms with Gasteiger partial charge in [-0.25, -0.2) is 17.2 Å². The number of piperazine rings is 1. The Morgan fingerprint density at radius 3 is 1.81 bits per heavy atom. The third-order valence-electron chi connectivity index (χ3n) is 8.16. The van der Waals surface area contributed by atoms with Crippen LogP contribution in [0.2, 0.25) is 10.0 Å². The highest BCUT2D eigenvalue weighted by Gasteiger charge is 2.55. The Hall–Kier alpha value is -1.72. The molecule has 2 saturated heterocycles. The maximum absolute atomic E-state index is 14.4. The summed E-state index contributed by atoms with van der Waals surface area (Å²) in [5.41, 5.74) is 2.16. The number of halogens is 4. The number of sulfone groups is 1. The summed E-state index contributed by atoms with van der Waals surface area (Å²) in [7, 11) is -1.65. The molecule has 0 spiro atoms. The van der Waals surface area contributed by atoms with Crippen molar-refractivity contribution in [3.8, 4) is 0 Å². The third kappa shape index (κ3) is 7.32. The van der Waals surface area contributed by atoms with Crippen LogP contribution in [0, 0.1) is 11.6 Å². The molecule has 0 aliphatic carbocycles. The van der Waals surface area contributed by atoms with Crippen molar-refractivity contribution in [3.05, 3.63) is 105 Å². The largest absolute Gasteiger partial charge is 0.304 e. The van der Waals surface area contributed by atoms with Crippen molar-refractivity contribution in [2.75, 3.05) is 64.9 Å². The molecular formula is C31H35Cl2F2N3O2S2. The molecule has 226 valence electrons. The Morgan fingerprint density at radius 2 is 1.33 bits per heavy atom. The number of likely N-dealkylation sites (tertiary alicyclic amines) is 1. The van der Waals surface area contributed by atoms with E-state index in [0.717, 1.165) is 62.0 Å². The van der Waals surface area contributed by atoms with Gasteiger partial charge in [0.1, 0.15) is 16.9 Å². The van der Waals surface area contributed by atoms with E-state index in [1.807, 2.05) is 48.5 Å². The van der Waals surface area contributed by atoms with E-state index in [0.29, 0.717) is 28.9 Å². The van der Waals surface area contributed by atoms with Gasteiger partial charge in [0.05, 0.1) is 10.8 Å². The maximum Gasteiger partial charge on any atom is 0.155 e. The van der Waals surface area contributed by atoms with Crippen molar-refractivity contribution in [1.82, 2.24) is 14.7 Å². The summed E-state index contributed by atoms with van der Waals surface area (Å²) in [4.78, 5) is 6.91. The lowest BCUT2D eigenvalue weighted by Gasteiger charge is -2.56. The Morgan fingerprint density at radius 1 is 0.833 bits per heavy atom. The van der Waals surface area contributed by atoms with Crippen LogP contribution in [0.5, 0.6) is 0 Å².